The number of hydrogen-bond donors (Lipinski definition) is 3. The van der Waals surface area contributed by atoms with Gasteiger partial charge in [-0.25, -0.2) is 4.98 Å². The largest absolute Gasteiger partial charge is 0.386 e. The summed E-state index contributed by atoms with van der Waals surface area (Å²) in [6.45, 7) is 13.5. The van der Waals surface area contributed by atoms with Crippen LogP contribution in [0.5, 0.6) is 0 Å². The fourth-order valence-electron chi connectivity index (χ4n) is 2.52. The maximum Gasteiger partial charge on any atom is 0.141 e. The zero-order valence-corrected chi connectivity index (χ0v) is 15.5. The highest BCUT2D eigenvalue weighted by Gasteiger charge is 2.24. The summed E-state index contributed by atoms with van der Waals surface area (Å²) in [6, 6.07) is 5.78. The van der Waals surface area contributed by atoms with E-state index < -0.39 is 5.60 Å². The molecule has 0 amide bonds. The Labute approximate surface area is 149 Å². The molecule has 0 atom stereocenters. The van der Waals surface area contributed by atoms with Gasteiger partial charge in [0.1, 0.15) is 5.82 Å². The van der Waals surface area contributed by atoms with E-state index >= 15 is 0 Å². The molecule has 1 heterocycles. The maximum atomic E-state index is 10.1. The zero-order chi connectivity index (χ0) is 19.0. The van der Waals surface area contributed by atoms with Crippen LogP contribution in [0.3, 0.4) is 0 Å². The first-order valence-corrected chi connectivity index (χ1v) is 8.14. The number of rotatable bonds is 4. The molecule has 0 aliphatic heterocycles. The molecule has 2 aromatic rings. The van der Waals surface area contributed by atoms with Crippen LogP contribution in [0.2, 0.25) is 0 Å². The zero-order valence-electron chi connectivity index (χ0n) is 15.5. The van der Waals surface area contributed by atoms with E-state index in [1.807, 2.05) is 18.2 Å². The summed E-state index contributed by atoms with van der Waals surface area (Å²) >= 11 is 0. The van der Waals surface area contributed by atoms with Crippen molar-refractivity contribution in [3.05, 3.63) is 53.9 Å². The van der Waals surface area contributed by atoms with Crippen molar-refractivity contribution in [1.29, 1.82) is 5.41 Å². The van der Waals surface area contributed by atoms with Crippen molar-refractivity contribution < 1.29 is 5.11 Å². The van der Waals surface area contributed by atoms with Crippen molar-refractivity contribution in [3.63, 3.8) is 0 Å². The number of hydrogen-bond acceptors (Lipinski definition) is 5. The second kappa shape index (κ2) is 6.41. The minimum atomic E-state index is -1.15. The molecule has 0 aliphatic rings. The summed E-state index contributed by atoms with van der Waals surface area (Å²) in [5.74, 6) is 0.361. The van der Waals surface area contributed by atoms with E-state index in [-0.39, 0.29) is 11.1 Å². The van der Waals surface area contributed by atoms with Crippen LogP contribution in [0.25, 0.3) is 11.3 Å². The van der Waals surface area contributed by atoms with Gasteiger partial charge in [0.25, 0.3) is 0 Å². The third-order valence-electron chi connectivity index (χ3n) is 4.10. The Morgan fingerprint density at radius 3 is 2.24 bits per heavy atom. The van der Waals surface area contributed by atoms with Crippen LogP contribution in [-0.2, 0) is 5.41 Å². The highest BCUT2D eigenvalue weighted by atomic mass is 16.3. The van der Waals surface area contributed by atoms with Crippen molar-refractivity contribution in [1.82, 2.24) is 9.97 Å². The molecule has 2 rings (SSSR count). The summed E-state index contributed by atoms with van der Waals surface area (Å²) in [6.07, 6.45) is 3.16. The number of aliphatic hydroxyl groups is 1. The molecule has 0 spiro atoms. The van der Waals surface area contributed by atoms with Crippen molar-refractivity contribution in [2.45, 2.75) is 45.6 Å². The third kappa shape index (κ3) is 4.12. The molecule has 4 N–H and O–H groups in total. The van der Waals surface area contributed by atoms with Crippen LogP contribution in [0.1, 0.15) is 45.7 Å². The van der Waals surface area contributed by atoms with Crippen LogP contribution < -0.4 is 5.73 Å². The number of benzene rings is 1. The standard InChI is InChI=1S/C20H26N4O/c1-12(20(5,6)25)18(22)13-7-8-15(19(2,3)4)14(9-13)16-10-24-17(21)11-23-16/h7-11,22,25H,1H2,2-6H3,(H2,21,24). The average molecular weight is 338 g/mol. The summed E-state index contributed by atoms with van der Waals surface area (Å²) < 4.78 is 0. The molecule has 0 bridgehead atoms. The number of nitrogens with two attached hydrogens (primary N) is 1. The van der Waals surface area contributed by atoms with Crippen molar-refractivity contribution in [2.24, 2.45) is 0 Å². The highest BCUT2D eigenvalue weighted by molar-refractivity contribution is 6.11. The topological polar surface area (TPSA) is 95.9 Å². The first kappa shape index (κ1) is 18.8. The minimum absolute atomic E-state index is 0.105. The first-order chi connectivity index (χ1) is 11.4. The van der Waals surface area contributed by atoms with Gasteiger partial charge in [-0.3, -0.25) is 10.4 Å². The van der Waals surface area contributed by atoms with Crippen LogP contribution >= 0.6 is 0 Å². The lowest BCUT2D eigenvalue weighted by molar-refractivity contribution is 0.126. The summed E-state index contributed by atoms with van der Waals surface area (Å²) in [4.78, 5) is 8.52. The fourth-order valence-corrected chi connectivity index (χ4v) is 2.52. The molecule has 0 unspecified atom stereocenters. The number of nitrogen functional groups attached to an aromatic ring is 1. The van der Waals surface area contributed by atoms with Gasteiger partial charge in [0.2, 0.25) is 0 Å². The summed E-state index contributed by atoms with van der Waals surface area (Å²) in [7, 11) is 0. The lowest BCUT2D eigenvalue weighted by Gasteiger charge is -2.25. The Morgan fingerprint density at radius 2 is 1.76 bits per heavy atom. The van der Waals surface area contributed by atoms with Gasteiger partial charge in [-0.15, -0.1) is 0 Å². The van der Waals surface area contributed by atoms with Crippen molar-refractivity contribution in [2.75, 3.05) is 5.73 Å². The molecule has 0 saturated carbocycles. The Hall–Kier alpha value is -2.53. The van der Waals surface area contributed by atoms with E-state index in [0.717, 1.165) is 11.1 Å². The molecule has 132 valence electrons. The number of aromatic nitrogens is 2. The van der Waals surface area contributed by atoms with E-state index in [2.05, 4.69) is 37.3 Å². The third-order valence-corrected chi connectivity index (χ3v) is 4.10. The quantitative estimate of drug-likeness (QED) is 0.740. The lowest BCUT2D eigenvalue weighted by atomic mass is 9.81. The van der Waals surface area contributed by atoms with Gasteiger partial charge in [-0.05, 0) is 30.9 Å². The molecule has 0 radical (unpaired) electrons. The predicted molar refractivity (Wildman–Crippen MR) is 103 cm³/mol. The SMILES string of the molecule is C=C(C(=N)c1ccc(C(C)(C)C)c(-c2cnc(N)cn2)c1)C(C)(C)O. The Bertz CT molecular complexity index is 809. The van der Waals surface area contributed by atoms with Gasteiger partial charge in [0.15, 0.2) is 0 Å². The van der Waals surface area contributed by atoms with Crippen LogP contribution in [0, 0.1) is 5.41 Å². The number of nitrogens with zero attached hydrogens (tertiary/aromatic N) is 2. The van der Waals surface area contributed by atoms with E-state index in [1.54, 1.807) is 20.0 Å². The second-order valence-corrected chi connectivity index (χ2v) is 7.75. The Kier molecular flexibility index (Phi) is 4.82. The first-order valence-electron chi connectivity index (χ1n) is 8.14. The molecule has 1 aromatic carbocycles. The molecule has 1 aromatic heterocycles. The van der Waals surface area contributed by atoms with Crippen LogP contribution in [0.4, 0.5) is 5.82 Å². The molecule has 0 fully saturated rings. The average Bonchev–Trinajstić information content (AvgIpc) is 2.52. The Balaban J connectivity index is 2.61. The van der Waals surface area contributed by atoms with Crippen LogP contribution in [0.15, 0.2) is 42.7 Å². The van der Waals surface area contributed by atoms with E-state index in [0.29, 0.717) is 22.6 Å². The molecule has 5 nitrogen and oxygen atoms in total. The van der Waals surface area contributed by atoms with Gasteiger partial charge >= 0.3 is 0 Å². The van der Waals surface area contributed by atoms with E-state index in [1.165, 1.54) is 6.20 Å². The predicted octanol–water partition coefficient (Wildman–Crippen LogP) is 3.72. The number of nitrogens with one attached hydrogen (secondary N) is 1. The molecule has 25 heavy (non-hydrogen) atoms. The van der Waals surface area contributed by atoms with Crippen molar-refractivity contribution >= 4 is 11.5 Å². The molecule has 0 aliphatic carbocycles. The van der Waals surface area contributed by atoms with Gasteiger partial charge in [-0.1, -0.05) is 39.5 Å². The van der Waals surface area contributed by atoms with E-state index in [9.17, 15) is 5.11 Å². The van der Waals surface area contributed by atoms with Gasteiger partial charge in [0, 0.05) is 16.7 Å². The molecular formula is C20H26N4O. The Morgan fingerprint density at radius 1 is 1.12 bits per heavy atom. The molecular weight excluding hydrogens is 312 g/mol. The second-order valence-electron chi connectivity index (χ2n) is 7.75. The summed E-state index contributed by atoms with van der Waals surface area (Å²) in [5, 5.41) is 18.5. The molecule has 5 heteroatoms. The highest BCUT2D eigenvalue weighted by Crippen LogP contribution is 2.33. The van der Waals surface area contributed by atoms with Crippen molar-refractivity contribution in [3.8, 4) is 11.3 Å². The van der Waals surface area contributed by atoms with Gasteiger partial charge < -0.3 is 10.8 Å². The number of anilines is 1. The minimum Gasteiger partial charge on any atom is -0.386 e. The summed E-state index contributed by atoms with van der Waals surface area (Å²) in [5.41, 5.74) is 8.32. The normalized spacial score (nSPS) is 12.1. The van der Waals surface area contributed by atoms with E-state index in [4.69, 9.17) is 11.1 Å². The van der Waals surface area contributed by atoms with Gasteiger partial charge in [-0.2, -0.15) is 0 Å². The van der Waals surface area contributed by atoms with Gasteiger partial charge in [0.05, 0.1) is 29.4 Å². The maximum absolute atomic E-state index is 10.1. The smallest absolute Gasteiger partial charge is 0.141 e. The van der Waals surface area contributed by atoms with Crippen LogP contribution in [-0.4, -0.2) is 26.4 Å². The molecule has 0 saturated heterocycles. The fraction of sp³-hybridized carbons (Fsp3) is 0.350. The monoisotopic (exact) mass is 338 g/mol. The lowest BCUT2D eigenvalue weighted by Crippen LogP contribution is -2.27.